The Hall–Kier alpha value is -4.35. The predicted octanol–water partition coefficient (Wildman–Crippen LogP) is 6.14. The highest BCUT2D eigenvalue weighted by Gasteiger charge is 2.35. The molecular weight excluding hydrogens is 682 g/mol. The van der Waals surface area contributed by atoms with E-state index >= 15 is 0 Å². The third kappa shape index (κ3) is 9.14. The molecule has 0 aromatic heterocycles. The van der Waals surface area contributed by atoms with E-state index in [1.807, 2.05) is 68.4 Å². The number of halogens is 1. The largest absolute Gasteiger partial charge is 0.493 e. The lowest BCUT2D eigenvalue weighted by Crippen LogP contribution is -2.53. The lowest BCUT2D eigenvalue weighted by atomic mass is 10.0. The fourth-order valence-electron chi connectivity index (χ4n) is 5.05. The number of hydrogen-bond acceptors (Lipinski definition) is 6. The van der Waals surface area contributed by atoms with Gasteiger partial charge >= 0.3 is 0 Å². The number of sulfonamides is 1. The SMILES string of the molecule is CCCNC(=O)C(Cc1ccccc1)N(Cc1ccc(Br)cc1)C(=O)CN(c1ccc(OC)c(OC)c1)S(=O)(=O)c1ccc(C)cc1. The monoisotopic (exact) mass is 721 g/mol. The zero-order valence-electron chi connectivity index (χ0n) is 27.0. The van der Waals surface area contributed by atoms with Crippen LogP contribution in [0.2, 0.25) is 0 Å². The van der Waals surface area contributed by atoms with Crippen LogP contribution in [0.1, 0.15) is 30.0 Å². The number of ether oxygens (including phenoxy) is 2. The van der Waals surface area contributed by atoms with E-state index in [-0.39, 0.29) is 29.5 Å². The van der Waals surface area contributed by atoms with Gasteiger partial charge in [-0.25, -0.2) is 8.42 Å². The molecule has 4 aromatic carbocycles. The maximum atomic E-state index is 14.6. The number of carbonyl (C=O) groups is 2. The van der Waals surface area contributed by atoms with Crippen LogP contribution in [-0.2, 0) is 32.6 Å². The van der Waals surface area contributed by atoms with Crippen LogP contribution in [0.3, 0.4) is 0 Å². The molecule has 47 heavy (non-hydrogen) atoms. The predicted molar refractivity (Wildman–Crippen MR) is 187 cm³/mol. The van der Waals surface area contributed by atoms with Gasteiger partial charge in [0.1, 0.15) is 12.6 Å². The fourth-order valence-corrected chi connectivity index (χ4v) is 6.72. The summed E-state index contributed by atoms with van der Waals surface area (Å²) >= 11 is 3.46. The topological polar surface area (TPSA) is 105 Å². The summed E-state index contributed by atoms with van der Waals surface area (Å²) in [6, 6.07) is 27.1. The number of carbonyl (C=O) groups excluding carboxylic acids is 2. The normalized spacial score (nSPS) is 11.8. The Morgan fingerprint density at radius 1 is 0.851 bits per heavy atom. The van der Waals surface area contributed by atoms with Crippen molar-refractivity contribution in [1.82, 2.24) is 10.2 Å². The van der Waals surface area contributed by atoms with Crippen LogP contribution in [0.15, 0.2) is 106 Å². The van der Waals surface area contributed by atoms with Crippen molar-refractivity contribution in [2.45, 2.75) is 44.2 Å². The van der Waals surface area contributed by atoms with Gasteiger partial charge in [0.25, 0.3) is 10.0 Å². The molecule has 1 unspecified atom stereocenters. The number of hydrogen-bond donors (Lipinski definition) is 1. The maximum Gasteiger partial charge on any atom is 0.264 e. The zero-order chi connectivity index (χ0) is 34.0. The Bertz CT molecular complexity index is 1750. The summed E-state index contributed by atoms with van der Waals surface area (Å²) in [5.74, 6) is -0.164. The van der Waals surface area contributed by atoms with Gasteiger partial charge in [0.05, 0.1) is 24.8 Å². The van der Waals surface area contributed by atoms with Crippen molar-refractivity contribution in [3.05, 3.63) is 118 Å². The van der Waals surface area contributed by atoms with Crippen molar-refractivity contribution >= 4 is 43.5 Å². The molecule has 0 radical (unpaired) electrons. The summed E-state index contributed by atoms with van der Waals surface area (Å²) in [6.07, 6.45) is 0.950. The minimum Gasteiger partial charge on any atom is -0.493 e. The van der Waals surface area contributed by atoms with Gasteiger partial charge in [-0.1, -0.05) is 83.0 Å². The van der Waals surface area contributed by atoms with Crippen LogP contribution in [0, 0.1) is 6.92 Å². The molecule has 1 N–H and O–H groups in total. The molecule has 11 heteroatoms. The van der Waals surface area contributed by atoms with Gasteiger partial charge in [-0.2, -0.15) is 0 Å². The Kier molecular flexibility index (Phi) is 12.4. The van der Waals surface area contributed by atoms with E-state index in [2.05, 4.69) is 21.2 Å². The van der Waals surface area contributed by atoms with E-state index in [0.29, 0.717) is 24.5 Å². The van der Waals surface area contributed by atoms with Gasteiger partial charge < -0.3 is 19.7 Å². The maximum absolute atomic E-state index is 14.6. The van der Waals surface area contributed by atoms with Gasteiger partial charge in [0.2, 0.25) is 11.8 Å². The lowest BCUT2D eigenvalue weighted by molar-refractivity contribution is -0.140. The first-order valence-electron chi connectivity index (χ1n) is 15.2. The molecular formula is C36H40BrN3O6S. The Morgan fingerprint density at radius 3 is 2.13 bits per heavy atom. The van der Waals surface area contributed by atoms with Crippen molar-refractivity contribution in [3.63, 3.8) is 0 Å². The molecule has 4 aromatic rings. The number of nitrogens with one attached hydrogen (secondary N) is 1. The number of amides is 2. The Morgan fingerprint density at radius 2 is 1.51 bits per heavy atom. The lowest BCUT2D eigenvalue weighted by Gasteiger charge is -2.34. The average Bonchev–Trinajstić information content (AvgIpc) is 3.08. The fraction of sp³-hybridized carbons (Fsp3) is 0.278. The van der Waals surface area contributed by atoms with Crippen molar-refractivity contribution in [1.29, 1.82) is 0 Å². The summed E-state index contributed by atoms with van der Waals surface area (Å²) in [5.41, 5.74) is 2.74. The molecule has 0 spiro atoms. The Balaban J connectivity index is 1.83. The number of anilines is 1. The molecule has 0 aliphatic rings. The van der Waals surface area contributed by atoms with Crippen LogP contribution in [0.4, 0.5) is 5.69 Å². The molecule has 4 rings (SSSR count). The molecule has 1 atom stereocenters. The molecule has 0 saturated heterocycles. The molecule has 248 valence electrons. The molecule has 2 amide bonds. The quantitative estimate of drug-likeness (QED) is 0.158. The zero-order valence-corrected chi connectivity index (χ0v) is 29.4. The second-order valence-corrected chi connectivity index (χ2v) is 13.8. The van der Waals surface area contributed by atoms with E-state index in [4.69, 9.17) is 9.47 Å². The van der Waals surface area contributed by atoms with Crippen LogP contribution < -0.4 is 19.1 Å². The van der Waals surface area contributed by atoms with Crippen LogP contribution >= 0.6 is 15.9 Å². The minimum absolute atomic E-state index is 0.0201. The number of methoxy groups -OCH3 is 2. The van der Waals surface area contributed by atoms with E-state index in [1.165, 1.54) is 37.3 Å². The van der Waals surface area contributed by atoms with Crippen molar-refractivity contribution in [2.24, 2.45) is 0 Å². The van der Waals surface area contributed by atoms with Gasteiger partial charge in [0, 0.05) is 30.0 Å². The van der Waals surface area contributed by atoms with E-state index < -0.39 is 28.5 Å². The summed E-state index contributed by atoms with van der Waals surface area (Å²) in [4.78, 5) is 29.9. The molecule has 9 nitrogen and oxygen atoms in total. The van der Waals surface area contributed by atoms with Crippen LogP contribution in [0.5, 0.6) is 11.5 Å². The molecule has 0 bridgehead atoms. The van der Waals surface area contributed by atoms with Gasteiger partial charge in [-0.15, -0.1) is 0 Å². The van der Waals surface area contributed by atoms with E-state index in [9.17, 15) is 18.0 Å². The highest BCUT2D eigenvalue weighted by atomic mass is 79.9. The first kappa shape index (κ1) is 35.5. The van der Waals surface area contributed by atoms with Crippen LogP contribution in [0.25, 0.3) is 0 Å². The van der Waals surface area contributed by atoms with Gasteiger partial charge in [0.15, 0.2) is 11.5 Å². The number of benzene rings is 4. The Labute approximate surface area is 285 Å². The number of aryl methyl sites for hydroxylation is 1. The standard InChI is InChI=1S/C36H40BrN3O6S/c1-5-21-38-36(42)32(22-27-9-7-6-8-10-27)39(24-28-13-15-29(37)16-14-28)35(41)25-40(30-17-20-33(45-3)34(23-30)46-4)47(43,44)31-18-11-26(2)12-19-31/h6-20,23,32H,5,21-22,24-25H2,1-4H3,(H,38,42). The summed E-state index contributed by atoms with van der Waals surface area (Å²) < 4.78 is 41.4. The third-order valence-electron chi connectivity index (χ3n) is 7.63. The molecule has 0 aliphatic heterocycles. The molecule has 0 aliphatic carbocycles. The summed E-state index contributed by atoms with van der Waals surface area (Å²) in [5, 5.41) is 2.95. The second-order valence-electron chi connectivity index (χ2n) is 11.0. The van der Waals surface area contributed by atoms with E-state index in [1.54, 1.807) is 24.3 Å². The van der Waals surface area contributed by atoms with Crippen LogP contribution in [-0.4, -0.2) is 58.5 Å². The van der Waals surface area contributed by atoms with Gasteiger partial charge in [-0.3, -0.25) is 13.9 Å². The highest BCUT2D eigenvalue weighted by Crippen LogP contribution is 2.34. The number of nitrogens with zero attached hydrogens (tertiary/aromatic N) is 2. The molecule has 0 saturated carbocycles. The van der Waals surface area contributed by atoms with Crippen molar-refractivity contribution < 1.29 is 27.5 Å². The first-order valence-corrected chi connectivity index (χ1v) is 17.5. The van der Waals surface area contributed by atoms with Crippen molar-refractivity contribution in [2.75, 3.05) is 31.6 Å². The van der Waals surface area contributed by atoms with E-state index in [0.717, 1.165) is 25.5 Å². The first-order chi connectivity index (χ1) is 22.6. The smallest absolute Gasteiger partial charge is 0.264 e. The van der Waals surface area contributed by atoms with Gasteiger partial charge in [-0.05, 0) is 60.9 Å². The minimum atomic E-state index is -4.26. The molecule has 0 fully saturated rings. The second kappa shape index (κ2) is 16.5. The summed E-state index contributed by atoms with van der Waals surface area (Å²) in [6.45, 7) is 3.75. The average molecular weight is 723 g/mol. The summed E-state index contributed by atoms with van der Waals surface area (Å²) in [7, 11) is -1.32. The number of rotatable bonds is 15. The van der Waals surface area contributed by atoms with Crippen molar-refractivity contribution in [3.8, 4) is 11.5 Å². The highest BCUT2D eigenvalue weighted by molar-refractivity contribution is 9.10. The molecule has 0 heterocycles. The third-order valence-corrected chi connectivity index (χ3v) is 9.95.